The molecule has 0 aromatic heterocycles. The molecule has 106 valence electrons. The lowest BCUT2D eigenvalue weighted by molar-refractivity contribution is 0.0222. The Bertz CT molecular complexity index is 108. The maximum atomic E-state index is 8.26. The fraction of sp³-hybridized carbons (Fsp3) is 1.00. The first kappa shape index (κ1) is 19.1. The third kappa shape index (κ3) is 25.7. The van der Waals surface area contributed by atoms with Gasteiger partial charge in [-0.1, -0.05) is 0 Å². The SMILES string of the molecule is NCCNCCN.OCCOCCOCCO. The number of hydrogen-bond acceptors (Lipinski definition) is 7. The van der Waals surface area contributed by atoms with Gasteiger partial charge in [-0.25, -0.2) is 0 Å². The zero-order chi connectivity index (χ0) is 13.2. The standard InChI is InChI=1S/C6H14O4.C4H13N3/c7-1-3-9-5-6-10-4-2-8;5-1-3-7-4-2-6/h7-8H,1-6H2;7H,1-6H2. The first-order chi connectivity index (χ1) is 8.33. The van der Waals surface area contributed by atoms with E-state index in [1.807, 2.05) is 0 Å². The van der Waals surface area contributed by atoms with Gasteiger partial charge in [0, 0.05) is 26.2 Å². The Morgan fingerprint density at radius 3 is 1.47 bits per heavy atom. The van der Waals surface area contributed by atoms with E-state index in [9.17, 15) is 0 Å². The van der Waals surface area contributed by atoms with Gasteiger partial charge in [0.2, 0.25) is 0 Å². The van der Waals surface area contributed by atoms with Crippen LogP contribution in [0.3, 0.4) is 0 Å². The summed E-state index contributed by atoms with van der Waals surface area (Å²) in [4.78, 5) is 0. The highest BCUT2D eigenvalue weighted by Gasteiger charge is 1.86. The molecule has 0 heterocycles. The van der Waals surface area contributed by atoms with Crippen molar-refractivity contribution in [2.75, 3.05) is 65.8 Å². The van der Waals surface area contributed by atoms with E-state index in [-0.39, 0.29) is 13.2 Å². The van der Waals surface area contributed by atoms with E-state index in [4.69, 9.17) is 31.2 Å². The highest BCUT2D eigenvalue weighted by Crippen LogP contribution is 1.76. The monoisotopic (exact) mass is 253 g/mol. The molecule has 0 aromatic carbocycles. The van der Waals surface area contributed by atoms with E-state index in [2.05, 4.69) is 5.32 Å². The van der Waals surface area contributed by atoms with Gasteiger partial charge in [-0.15, -0.1) is 0 Å². The molecule has 0 saturated heterocycles. The van der Waals surface area contributed by atoms with Gasteiger partial charge in [0.15, 0.2) is 0 Å². The Balaban J connectivity index is 0. The second kappa shape index (κ2) is 21.1. The quantitative estimate of drug-likeness (QED) is 0.258. The molecule has 0 bridgehead atoms. The van der Waals surface area contributed by atoms with Crippen molar-refractivity contribution in [1.29, 1.82) is 0 Å². The van der Waals surface area contributed by atoms with Crippen LogP contribution in [0.1, 0.15) is 0 Å². The summed E-state index contributed by atoms with van der Waals surface area (Å²) in [5.74, 6) is 0. The van der Waals surface area contributed by atoms with Gasteiger partial charge >= 0.3 is 0 Å². The van der Waals surface area contributed by atoms with E-state index < -0.39 is 0 Å². The molecule has 7 N–H and O–H groups in total. The van der Waals surface area contributed by atoms with Crippen molar-refractivity contribution >= 4 is 0 Å². The van der Waals surface area contributed by atoms with Crippen LogP contribution in [0.5, 0.6) is 0 Å². The van der Waals surface area contributed by atoms with Crippen LogP contribution in [0.4, 0.5) is 0 Å². The average Bonchev–Trinajstić information content (AvgIpc) is 2.35. The normalized spacial score (nSPS) is 9.88. The number of hydrogen-bond donors (Lipinski definition) is 5. The minimum absolute atomic E-state index is 0.0417. The van der Waals surface area contributed by atoms with E-state index in [1.165, 1.54) is 0 Å². The Morgan fingerprint density at radius 1 is 0.765 bits per heavy atom. The molecular formula is C10H27N3O4. The second-order valence-electron chi connectivity index (χ2n) is 3.00. The van der Waals surface area contributed by atoms with Gasteiger partial charge < -0.3 is 36.5 Å². The topological polar surface area (TPSA) is 123 Å². The predicted molar refractivity (Wildman–Crippen MR) is 66.8 cm³/mol. The van der Waals surface area contributed by atoms with E-state index in [0.29, 0.717) is 39.5 Å². The molecule has 17 heavy (non-hydrogen) atoms. The van der Waals surface area contributed by atoms with E-state index in [0.717, 1.165) is 13.1 Å². The lowest BCUT2D eigenvalue weighted by Gasteiger charge is -2.01. The Morgan fingerprint density at radius 2 is 1.18 bits per heavy atom. The zero-order valence-electron chi connectivity index (χ0n) is 10.4. The van der Waals surface area contributed by atoms with Crippen molar-refractivity contribution in [2.45, 2.75) is 0 Å². The summed E-state index contributed by atoms with van der Waals surface area (Å²) in [6.07, 6.45) is 0. The lowest BCUT2D eigenvalue weighted by atomic mass is 10.6. The Kier molecular flexibility index (Phi) is 23.6. The number of rotatable bonds is 11. The smallest absolute Gasteiger partial charge is 0.0701 e. The highest BCUT2D eigenvalue weighted by molar-refractivity contribution is 4.45. The summed E-state index contributed by atoms with van der Waals surface area (Å²) < 4.78 is 9.75. The number of ether oxygens (including phenoxy) is 2. The van der Waals surface area contributed by atoms with Gasteiger partial charge in [-0.2, -0.15) is 0 Å². The van der Waals surface area contributed by atoms with Crippen LogP contribution < -0.4 is 16.8 Å². The number of aliphatic hydroxyl groups is 2. The third-order valence-electron chi connectivity index (χ3n) is 1.49. The molecule has 0 aliphatic heterocycles. The maximum absolute atomic E-state index is 8.26. The molecule has 0 unspecified atom stereocenters. The maximum Gasteiger partial charge on any atom is 0.0701 e. The summed E-state index contributed by atoms with van der Waals surface area (Å²) in [7, 11) is 0. The van der Waals surface area contributed by atoms with Crippen LogP contribution in [0.15, 0.2) is 0 Å². The fourth-order valence-corrected chi connectivity index (χ4v) is 0.780. The van der Waals surface area contributed by atoms with Crippen LogP contribution in [0.25, 0.3) is 0 Å². The summed E-state index contributed by atoms with van der Waals surface area (Å²) >= 11 is 0. The van der Waals surface area contributed by atoms with Gasteiger partial charge in [-0.05, 0) is 0 Å². The van der Waals surface area contributed by atoms with Crippen LogP contribution in [-0.4, -0.2) is 76.0 Å². The van der Waals surface area contributed by atoms with Crippen molar-refractivity contribution < 1.29 is 19.7 Å². The molecule has 7 nitrogen and oxygen atoms in total. The summed E-state index contributed by atoms with van der Waals surface area (Å²) in [5, 5.41) is 19.6. The van der Waals surface area contributed by atoms with Gasteiger partial charge in [0.1, 0.15) is 0 Å². The lowest BCUT2D eigenvalue weighted by Crippen LogP contribution is -2.27. The first-order valence-corrected chi connectivity index (χ1v) is 5.81. The molecule has 0 fully saturated rings. The third-order valence-corrected chi connectivity index (χ3v) is 1.49. The van der Waals surface area contributed by atoms with Crippen molar-refractivity contribution in [3.63, 3.8) is 0 Å². The molecule has 0 aromatic rings. The van der Waals surface area contributed by atoms with Gasteiger partial charge in [0.05, 0.1) is 39.6 Å². The van der Waals surface area contributed by atoms with Crippen LogP contribution in [0, 0.1) is 0 Å². The average molecular weight is 253 g/mol. The van der Waals surface area contributed by atoms with Gasteiger partial charge in [0.25, 0.3) is 0 Å². The minimum atomic E-state index is 0.0417. The van der Waals surface area contributed by atoms with Crippen LogP contribution in [-0.2, 0) is 9.47 Å². The van der Waals surface area contributed by atoms with Crippen molar-refractivity contribution in [2.24, 2.45) is 11.5 Å². The van der Waals surface area contributed by atoms with Gasteiger partial charge in [-0.3, -0.25) is 0 Å². The van der Waals surface area contributed by atoms with Crippen LogP contribution >= 0.6 is 0 Å². The molecule has 0 radical (unpaired) electrons. The number of nitrogens with one attached hydrogen (secondary N) is 1. The largest absolute Gasteiger partial charge is 0.394 e. The molecule has 0 amide bonds. The van der Waals surface area contributed by atoms with E-state index in [1.54, 1.807) is 0 Å². The fourth-order valence-electron chi connectivity index (χ4n) is 0.780. The van der Waals surface area contributed by atoms with Crippen molar-refractivity contribution in [1.82, 2.24) is 5.32 Å². The number of aliphatic hydroxyl groups excluding tert-OH is 2. The Hall–Kier alpha value is -0.280. The molecule has 0 aliphatic carbocycles. The molecule has 0 atom stereocenters. The highest BCUT2D eigenvalue weighted by atomic mass is 16.5. The zero-order valence-corrected chi connectivity index (χ0v) is 10.4. The van der Waals surface area contributed by atoms with Crippen LogP contribution in [0.2, 0.25) is 0 Å². The molecule has 7 heteroatoms. The number of nitrogens with two attached hydrogens (primary N) is 2. The predicted octanol–water partition coefficient (Wildman–Crippen LogP) is -2.50. The molecule has 0 rings (SSSR count). The summed E-state index contributed by atoms with van der Waals surface area (Å²) in [5.41, 5.74) is 10.3. The molecule has 0 spiro atoms. The van der Waals surface area contributed by atoms with Crippen molar-refractivity contribution in [3.8, 4) is 0 Å². The van der Waals surface area contributed by atoms with E-state index >= 15 is 0 Å². The first-order valence-electron chi connectivity index (χ1n) is 5.81. The molecule has 0 saturated carbocycles. The summed E-state index contributed by atoms with van der Waals surface area (Å²) in [6.45, 7) is 4.86. The molecular weight excluding hydrogens is 226 g/mol. The van der Waals surface area contributed by atoms with Crippen molar-refractivity contribution in [3.05, 3.63) is 0 Å². The second-order valence-corrected chi connectivity index (χ2v) is 3.00. The minimum Gasteiger partial charge on any atom is -0.394 e. The molecule has 0 aliphatic rings. The Labute approximate surface area is 103 Å². The summed E-state index contributed by atoms with van der Waals surface area (Å²) in [6, 6.07) is 0.